The van der Waals surface area contributed by atoms with Gasteiger partial charge < -0.3 is 0 Å². The van der Waals surface area contributed by atoms with Crippen molar-refractivity contribution in [2.75, 3.05) is 0 Å². The molecule has 0 heterocycles. The largest absolute Gasteiger partial charge is 0.0888 e. The van der Waals surface area contributed by atoms with Gasteiger partial charge in [-0.2, -0.15) is 0 Å². The molecule has 0 amide bonds. The molecule has 0 saturated heterocycles. The molecule has 2 aliphatic carbocycles. The summed E-state index contributed by atoms with van der Waals surface area (Å²) in [5.41, 5.74) is 0. The molecule has 0 aliphatic heterocycles. The zero-order valence-corrected chi connectivity index (χ0v) is 10.5. The minimum atomic E-state index is 0.820. The van der Waals surface area contributed by atoms with Gasteiger partial charge in [-0.25, -0.2) is 0 Å². The standard InChI is InChI=1S/C10H16Br2/c11-9-5-1-3-7(9)8-4-2-6-10(8)12/h7-10H,1-6H2. The molecule has 0 spiro atoms. The first-order valence-electron chi connectivity index (χ1n) is 5.07. The van der Waals surface area contributed by atoms with Gasteiger partial charge in [-0.05, 0) is 37.5 Å². The van der Waals surface area contributed by atoms with E-state index in [9.17, 15) is 0 Å². The summed E-state index contributed by atoms with van der Waals surface area (Å²) < 4.78 is 0. The highest BCUT2D eigenvalue weighted by atomic mass is 79.9. The van der Waals surface area contributed by atoms with Gasteiger partial charge in [-0.3, -0.25) is 0 Å². The van der Waals surface area contributed by atoms with Gasteiger partial charge in [0.05, 0.1) is 0 Å². The first kappa shape index (κ1) is 9.51. The van der Waals surface area contributed by atoms with E-state index in [0.29, 0.717) is 0 Å². The van der Waals surface area contributed by atoms with Crippen LogP contribution in [0.3, 0.4) is 0 Å². The highest BCUT2D eigenvalue weighted by molar-refractivity contribution is 9.09. The topological polar surface area (TPSA) is 0 Å². The van der Waals surface area contributed by atoms with Gasteiger partial charge in [0.15, 0.2) is 0 Å². The zero-order chi connectivity index (χ0) is 8.55. The predicted molar refractivity (Wildman–Crippen MR) is 60.1 cm³/mol. The van der Waals surface area contributed by atoms with Gasteiger partial charge in [0, 0.05) is 9.65 Å². The first-order chi connectivity index (χ1) is 5.79. The Morgan fingerprint density at radius 3 is 1.33 bits per heavy atom. The third-order valence-electron chi connectivity index (χ3n) is 3.51. The molecule has 4 atom stereocenters. The smallest absolute Gasteiger partial charge is 0.0177 e. The summed E-state index contributed by atoms with van der Waals surface area (Å²) in [4.78, 5) is 1.64. The van der Waals surface area contributed by atoms with E-state index in [4.69, 9.17) is 0 Å². The average Bonchev–Trinajstić information content (AvgIpc) is 2.59. The first-order valence-corrected chi connectivity index (χ1v) is 6.90. The fourth-order valence-corrected chi connectivity index (χ4v) is 4.81. The second kappa shape index (κ2) is 4.00. The van der Waals surface area contributed by atoms with E-state index in [1.54, 1.807) is 0 Å². The van der Waals surface area contributed by atoms with Crippen LogP contribution in [-0.2, 0) is 0 Å². The lowest BCUT2D eigenvalue weighted by atomic mass is 9.89. The molecule has 4 unspecified atom stereocenters. The molecule has 12 heavy (non-hydrogen) atoms. The summed E-state index contributed by atoms with van der Waals surface area (Å²) in [7, 11) is 0. The summed E-state index contributed by atoms with van der Waals surface area (Å²) in [5.74, 6) is 1.94. The number of alkyl halides is 2. The Morgan fingerprint density at radius 2 is 1.08 bits per heavy atom. The van der Waals surface area contributed by atoms with Crippen LogP contribution < -0.4 is 0 Å². The average molecular weight is 296 g/mol. The van der Waals surface area contributed by atoms with Crippen LogP contribution in [0.2, 0.25) is 0 Å². The van der Waals surface area contributed by atoms with Crippen LogP contribution in [0, 0.1) is 11.8 Å². The maximum Gasteiger partial charge on any atom is 0.0177 e. The lowest BCUT2D eigenvalue weighted by molar-refractivity contribution is 0.366. The maximum absolute atomic E-state index is 3.82. The van der Waals surface area contributed by atoms with Crippen molar-refractivity contribution in [3.63, 3.8) is 0 Å². The normalized spacial score (nSPS) is 48.5. The summed E-state index contributed by atoms with van der Waals surface area (Å²) in [6.07, 6.45) is 8.61. The van der Waals surface area contributed by atoms with Crippen molar-refractivity contribution in [1.82, 2.24) is 0 Å². The van der Waals surface area contributed by atoms with Gasteiger partial charge >= 0.3 is 0 Å². The summed E-state index contributed by atoms with van der Waals surface area (Å²) in [5, 5.41) is 0. The Hall–Kier alpha value is 0.960. The van der Waals surface area contributed by atoms with Crippen molar-refractivity contribution in [1.29, 1.82) is 0 Å². The molecule has 2 saturated carbocycles. The molecular weight excluding hydrogens is 280 g/mol. The molecule has 2 aliphatic rings. The van der Waals surface area contributed by atoms with Gasteiger partial charge in [-0.15, -0.1) is 0 Å². The Kier molecular flexibility index (Phi) is 3.17. The van der Waals surface area contributed by atoms with E-state index in [1.807, 2.05) is 0 Å². The fourth-order valence-electron chi connectivity index (χ4n) is 2.85. The lowest BCUT2D eigenvalue weighted by Crippen LogP contribution is -2.22. The highest BCUT2D eigenvalue weighted by Crippen LogP contribution is 2.45. The van der Waals surface area contributed by atoms with Crippen LogP contribution in [0.25, 0.3) is 0 Å². The molecule has 2 heteroatoms. The van der Waals surface area contributed by atoms with Crippen molar-refractivity contribution in [3.8, 4) is 0 Å². The predicted octanol–water partition coefficient (Wildman–Crippen LogP) is 4.11. The molecule has 2 rings (SSSR count). The molecule has 0 bridgehead atoms. The van der Waals surface area contributed by atoms with E-state index in [-0.39, 0.29) is 0 Å². The summed E-state index contributed by atoms with van der Waals surface area (Å²) in [6, 6.07) is 0. The highest BCUT2D eigenvalue weighted by Gasteiger charge is 2.37. The molecule has 0 radical (unpaired) electrons. The SMILES string of the molecule is BrC1CCCC1C1CCCC1Br. The van der Waals surface area contributed by atoms with Crippen LogP contribution in [0.4, 0.5) is 0 Å². The zero-order valence-electron chi connectivity index (χ0n) is 7.31. The Labute approximate surface area is 91.7 Å². The van der Waals surface area contributed by atoms with Crippen LogP contribution in [0.15, 0.2) is 0 Å². The van der Waals surface area contributed by atoms with Crippen LogP contribution in [0.5, 0.6) is 0 Å². The monoisotopic (exact) mass is 294 g/mol. The number of halogens is 2. The Morgan fingerprint density at radius 1 is 0.667 bits per heavy atom. The van der Waals surface area contributed by atoms with Gasteiger partial charge in [0.1, 0.15) is 0 Å². The molecular formula is C10H16Br2. The van der Waals surface area contributed by atoms with E-state index < -0.39 is 0 Å². The van der Waals surface area contributed by atoms with E-state index in [0.717, 1.165) is 21.5 Å². The molecule has 0 aromatic carbocycles. The Bertz CT molecular complexity index is 140. The van der Waals surface area contributed by atoms with E-state index >= 15 is 0 Å². The maximum atomic E-state index is 3.82. The molecule has 0 aromatic rings. The van der Waals surface area contributed by atoms with Crippen molar-refractivity contribution in [2.24, 2.45) is 11.8 Å². The van der Waals surface area contributed by atoms with Crippen molar-refractivity contribution in [2.45, 2.75) is 48.2 Å². The quantitative estimate of drug-likeness (QED) is 0.639. The second-order valence-corrected chi connectivity index (χ2v) is 6.57. The van der Waals surface area contributed by atoms with Gasteiger partial charge in [0.2, 0.25) is 0 Å². The lowest BCUT2D eigenvalue weighted by Gasteiger charge is -2.24. The van der Waals surface area contributed by atoms with Gasteiger partial charge in [-0.1, -0.05) is 44.7 Å². The second-order valence-electron chi connectivity index (χ2n) is 4.22. The minimum absolute atomic E-state index is 0.820. The Balaban J connectivity index is 1.98. The number of hydrogen-bond donors (Lipinski definition) is 0. The van der Waals surface area contributed by atoms with Crippen LogP contribution >= 0.6 is 31.9 Å². The number of rotatable bonds is 1. The van der Waals surface area contributed by atoms with Crippen LogP contribution in [-0.4, -0.2) is 9.65 Å². The van der Waals surface area contributed by atoms with Crippen molar-refractivity contribution in [3.05, 3.63) is 0 Å². The fraction of sp³-hybridized carbons (Fsp3) is 1.00. The summed E-state index contributed by atoms with van der Waals surface area (Å²) in [6.45, 7) is 0. The third-order valence-corrected chi connectivity index (χ3v) is 5.79. The molecule has 0 nitrogen and oxygen atoms in total. The van der Waals surface area contributed by atoms with E-state index in [1.165, 1.54) is 38.5 Å². The number of hydrogen-bond acceptors (Lipinski definition) is 0. The van der Waals surface area contributed by atoms with Crippen LogP contribution in [0.1, 0.15) is 38.5 Å². The third kappa shape index (κ3) is 1.75. The molecule has 0 aromatic heterocycles. The van der Waals surface area contributed by atoms with Crippen molar-refractivity contribution < 1.29 is 0 Å². The van der Waals surface area contributed by atoms with Crippen molar-refractivity contribution >= 4 is 31.9 Å². The molecule has 2 fully saturated rings. The molecule has 70 valence electrons. The van der Waals surface area contributed by atoms with E-state index in [2.05, 4.69) is 31.9 Å². The van der Waals surface area contributed by atoms with Gasteiger partial charge in [0.25, 0.3) is 0 Å². The minimum Gasteiger partial charge on any atom is -0.0888 e. The summed E-state index contributed by atoms with van der Waals surface area (Å²) >= 11 is 7.64. The molecule has 0 N–H and O–H groups in total.